The summed E-state index contributed by atoms with van der Waals surface area (Å²) in [5.41, 5.74) is 2.17. The number of hydrogen-bond donors (Lipinski definition) is 1. The minimum Gasteiger partial charge on any atom is -0.349 e. The Morgan fingerprint density at radius 3 is 2.38 bits per heavy atom. The van der Waals surface area contributed by atoms with Crippen LogP contribution in [0.3, 0.4) is 0 Å². The molecule has 2 aromatic rings. The van der Waals surface area contributed by atoms with Crippen LogP contribution in [0, 0.1) is 0 Å². The number of carbonyl (C=O) groups excluding carboxylic acids is 1. The second kappa shape index (κ2) is 7.41. The number of hydrogen-bond acceptors (Lipinski definition) is 1. The molecule has 1 amide bonds. The van der Waals surface area contributed by atoms with Gasteiger partial charge in [0, 0.05) is 4.47 Å². The van der Waals surface area contributed by atoms with Gasteiger partial charge in [0.25, 0.3) is 0 Å². The molecule has 1 N–H and O–H groups in total. The third-order valence-corrected chi connectivity index (χ3v) is 4.13. The van der Waals surface area contributed by atoms with Crippen LogP contribution >= 0.6 is 15.9 Å². The molecule has 0 saturated carbocycles. The van der Waals surface area contributed by atoms with Gasteiger partial charge in [-0.15, -0.1) is 0 Å². The monoisotopic (exact) mass is 345 g/mol. The largest absolute Gasteiger partial charge is 0.349 e. The molecule has 0 aliphatic rings. The number of nitrogens with one attached hydrogen (secondary N) is 1. The molecule has 0 saturated heterocycles. The third kappa shape index (κ3) is 4.18. The fourth-order valence-electron chi connectivity index (χ4n) is 2.43. The Kier molecular flexibility index (Phi) is 5.57. The van der Waals surface area contributed by atoms with E-state index in [1.54, 1.807) is 0 Å². The van der Waals surface area contributed by atoms with Crippen LogP contribution in [0.2, 0.25) is 0 Å². The molecule has 0 radical (unpaired) electrons. The van der Waals surface area contributed by atoms with Crippen LogP contribution in [-0.2, 0) is 4.79 Å². The van der Waals surface area contributed by atoms with Gasteiger partial charge in [-0.1, -0.05) is 65.3 Å². The van der Waals surface area contributed by atoms with E-state index in [2.05, 4.69) is 21.2 Å². The number of amides is 1. The molecule has 0 unspecified atom stereocenters. The van der Waals surface area contributed by atoms with Crippen molar-refractivity contribution in [2.45, 2.75) is 32.2 Å². The molecule has 2 nitrogen and oxygen atoms in total. The molecule has 0 bridgehead atoms. The summed E-state index contributed by atoms with van der Waals surface area (Å²) in [4.78, 5) is 12.5. The van der Waals surface area contributed by atoms with Gasteiger partial charge in [0.1, 0.15) is 0 Å². The zero-order chi connectivity index (χ0) is 15.2. The predicted molar refractivity (Wildman–Crippen MR) is 90.2 cm³/mol. The van der Waals surface area contributed by atoms with Gasteiger partial charge in [-0.25, -0.2) is 0 Å². The average Bonchev–Trinajstić information content (AvgIpc) is 2.49. The van der Waals surface area contributed by atoms with Crippen molar-refractivity contribution in [3.05, 3.63) is 70.2 Å². The summed E-state index contributed by atoms with van der Waals surface area (Å²) in [6, 6.07) is 18.0. The van der Waals surface area contributed by atoms with Crippen molar-refractivity contribution in [2.24, 2.45) is 0 Å². The van der Waals surface area contributed by atoms with Gasteiger partial charge in [-0.2, -0.15) is 0 Å². The summed E-state index contributed by atoms with van der Waals surface area (Å²) < 4.78 is 1.02. The second-order valence-electron chi connectivity index (χ2n) is 5.16. The molecular weight excluding hydrogens is 326 g/mol. The van der Waals surface area contributed by atoms with E-state index in [0.29, 0.717) is 0 Å². The van der Waals surface area contributed by atoms with Crippen molar-refractivity contribution in [3.63, 3.8) is 0 Å². The van der Waals surface area contributed by atoms with Crippen molar-refractivity contribution in [2.75, 3.05) is 0 Å². The third-order valence-electron chi connectivity index (χ3n) is 3.63. The highest BCUT2D eigenvalue weighted by molar-refractivity contribution is 9.10. The molecule has 2 atom stereocenters. The van der Waals surface area contributed by atoms with Gasteiger partial charge in [0.2, 0.25) is 5.91 Å². The minimum atomic E-state index is -0.0965. The zero-order valence-electron chi connectivity index (χ0n) is 12.3. The van der Waals surface area contributed by atoms with Crippen molar-refractivity contribution in [1.82, 2.24) is 5.32 Å². The van der Waals surface area contributed by atoms with Gasteiger partial charge in [0.15, 0.2) is 0 Å². The molecule has 21 heavy (non-hydrogen) atoms. The lowest BCUT2D eigenvalue weighted by atomic mass is 9.95. The first kappa shape index (κ1) is 15.8. The predicted octanol–water partition coefficient (Wildman–Crippen LogP) is 4.82. The van der Waals surface area contributed by atoms with E-state index in [9.17, 15) is 4.79 Å². The quantitative estimate of drug-likeness (QED) is 0.826. The van der Waals surface area contributed by atoms with Crippen LogP contribution < -0.4 is 5.32 Å². The SMILES string of the molecule is CC[C@H](C(=O)N[C@@H](C)c1cccc(Br)c1)c1ccccc1. The second-order valence-corrected chi connectivity index (χ2v) is 6.07. The average molecular weight is 346 g/mol. The van der Waals surface area contributed by atoms with Crippen molar-refractivity contribution >= 4 is 21.8 Å². The number of benzene rings is 2. The van der Waals surface area contributed by atoms with Crippen LogP contribution in [0.1, 0.15) is 43.4 Å². The highest BCUT2D eigenvalue weighted by atomic mass is 79.9. The molecule has 0 heterocycles. The fraction of sp³-hybridized carbons (Fsp3) is 0.278. The van der Waals surface area contributed by atoms with Crippen molar-refractivity contribution in [1.29, 1.82) is 0 Å². The van der Waals surface area contributed by atoms with Crippen LogP contribution in [0.15, 0.2) is 59.1 Å². The zero-order valence-corrected chi connectivity index (χ0v) is 13.9. The Morgan fingerprint density at radius 1 is 1.10 bits per heavy atom. The van der Waals surface area contributed by atoms with E-state index in [-0.39, 0.29) is 17.9 Å². The number of halogens is 1. The Morgan fingerprint density at radius 2 is 1.76 bits per heavy atom. The molecule has 110 valence electrons. The first-order valence-corrected chi connectivity index (χ1v) is 8.02. The molecule has 0 aromatic heterocycles. The first-order chi connectivity index (χ1) is 10.1. The van der Waals surface area contributed by atoms with E-state index in [1.165, 1.54) is 0 Å². The first-order valence-electron chi connectivity index (χ1n) is 7.22. The standard InChI is InChI=1S/C18H20BrNO/c1-3-17(14-8-5-4-6-9-14)18(21)20-13(2)15-10-7-11-16(19)12-15/h4-13,17H,3H2,1-2H3,(H,20,21)/t13-,17-/m0/s1. The maximum atomic E-state index is 12.5. The van der Waals surface area contributed by atoms with Crippen LogP contribution in [0.5, 0.6) is 0 Å². The molecule has 0 aliphatic carbocycles. The summed E-state index contributed by atoms with van der Waals surface area (Å²) in [7, 11) is 0. The summed E-state index contributed by atoms with van der Waals surface area (Å²) in [5.74, 6) is -0.0167. The molecule has 0 aliphatic heterocycles. The lowest BCUT2D eigenvalue weighted by Gasteiger charge is -2.20. The molecule has 0 fully saturated rings. The van der Waals surface area contributed by atoms with E-state index < -0.39 is 0 Å². The fourth-order valence-corrected chi connectivity index (χ4v) is 2.85. The lowest BCUT2D eigenvalue weighted by molar-refractivity contribution is -0.123. The van der Waals surface area contributed by atoms with Crippen LogP contribution in [0.4, 0.5) is 0 Å². The smallest absolute Gasteiger partial charge is 0.228 e. The van der Waals surface area contributed by atoms with Crippen LogP contribution in [-0.4, -0.2) is 5.91 Å². The highest BCUT2D eigenvalue weighted by Gasteiger charge is 2.20. The normalized spacial score (nSPS) is 13.5. The Labute approximate surface area is 134 Å². The Balaban J connectivity index is 2.09. The minimum absolute atomic E-state index is 0.00670. The van der Waals surface area contributed by atoms with Gasteiger partial charge in [-0.3, -0.25) is 4.79 Å². The molecule has 3 heteroatoms. The highest BCUT2D eigenvalue weighted by Crippen LogP contribution is 2.22. The summed E-state index contributed by atoms with van der Waals surface area (Å²) in [6.07, 6.45) is 0.793. The summed E-state index contributed by atoms with van der Waals surface area (Å²) >= 11 is 3.46. The maximum absolute atomic E-state index is 12.5. The van der Waals surface area contributed by atoms with E-state index in [4.69, 9.17) is 0 Å². The van der Waals surface area contributed by atoms with Gasteiger partial charge < -0.3 is 5.32 Å². The lowest BCUT2D eigenvalue weighted by Crippen LogP contribution is -2.31. The molecule has 2 rings (SSSR count). The summed E-state index contributed by atoms with van der Waals surface area (Å²) in [5, 5.41) is 3.11. The van der Waals surface area contributed by atoms with Crippen molar-refractivity contribution in [3.8, 4) is 0 Å². The topological polar surface area (TPSA) is 29.1 Å². The van der Waals surface area contributed by atoms with E-state index in [1.807, 2.05) is 68.4 Å². The van der Waals surface area contributed by atoms with Gasteiger partial charge in [-0.05, 0) is 36.6 Å². The van der Waals surface area contributed by atoms with E-state index >= 15 is 0 Å². The Bertz CT molecular complexity index is 597. The van der Waals surface area contributed by atoms with Crippen LogP contribution in [0.25, 0.3) is 0 Å². The number of carbonyl (C=O) groups is 1. The summed E-state index contributed by atoms with van der Waals surface area (Å²) in [6.45, 7) is 4.05. The maximum Gasteiger partial charge on any atom is 0.228 e. The Hall–Kier alpha value is -1.61. The van der Waals surface area contributed by atoms with Gasteiger partial charge in [0.05, 0.1) is 12.0 Å². The number of rotatable bonds is 5. The molecule has 2 aromatic carbocycles. The van der Waals surface area contributed by atoms with Crippen molar-refractivity contribution < 1.29 is 4.79 Å². The van der Waals surface area contributed by atoms with Gasteiger partial charge >= 0.3 is 0 Å². The molecular formula is C18H20BrNO. The molecule has 0 spiro atoms. The van der Waals surface area contributed by atoms with E-state index in [0.717, 1.165) is 22.0 Å².